The molecular formula is C22H17Cl2N3. The van der Waals surface area contributed by atoms with Gasteiger partial charge in [0.2, 0.25) is 0 Å². The fraction of sp³-hybridized carbons (Fsp3) is 0.136. The third-order valence-electron chi connectivity index (χ3n) is 5.14. The van der Waals surface area contributed by atoms with Crippen LogP contribution < -0.4 is 4.90 Å². The number of nitrogens with one attached hydrogen (secondary N) is 1. The highest BCUT2D eigenvalue weighted by Crippen LogP contribution is 2.31. The first-order chi connectivity index (χ1) is 13.2. The Hall–Kier alpha value is -2.49. The van der Waals surface area contributed by atoms with Gasteiger partial charge in [-0.3, -0.25) is 0 Å². The zero-order valence-corrected chi connectivity index (χ0v) is 16.1. The minimum atomic E-state index is 0.517. The van der Waals surface area contributed by atoms with Crippen LogP contribution in [0.1, 0.15) is 11.1 Å². The van der Waals surface area contributed by atoms with E-state index >= 15 is 0 Å². The lowest BCUT2D eigenvalue weighted by molar-refractivity contribution is 0.732. The molecule has 4 aromatic rings. The molecule has 3 aromatic carbocycles. The lowest BCUT2D eigenvalue weighted by Crippen LogP contribution is -2.30. The van der Waals surface area contributed by atoms with Gasteiger partial charge in [-0.1, -0.05) is 59.6 Å². The van der Waals surface area contributed by atoms with Crippen molar-refractivity contribution < 1.29 is 0 Å². The molecule has 5 heteroatoms. The van der Waals surface area contributed by atoms with E-state index in [-0.39, 0.29) is 0 Å². The van der Waals surface area contributed by atoms with Gasteiger partial charge in [0.15, 0.2) is 0 Å². The quantitative estimate of drug-likeness (QED) is 0.446. The molecule has 134 valence electrons. The molecule has 5 rings (SSSR count). The van der Waals surface area contributed by atoms with Crippen LogP contribution in [0.2, 0.25) is 10.0 Å². The summed E-state index contributed by atoms with van der Waals surface area (Å²) >= 11 is 12.2. The van der Waals surface area contributed by atoms with E-state index in [1.54, 1.807) is 6.07 Å². The van der Waals surface area contributed by atoms with Crippen LogP contribution in [0.4, 0.5) is 5.69 Å². The summed E-state index contributed by atoms with van der Waals surface area (Å²) in [4.78, 5) is 10.5. The topological polar surface area (TPSA) is 31.9 Å². The molecule has 3 nitrogen and oxygen atoms in total. The van der Waals surface area contributed by atoms with E-state index in [4.69, 9.17) is 23.2 Å². The van der Waals surface area contributed by atoms with Crippen molar-refractivity contribution in [2.45, 2.75) is 13.0 Å². The fourth-order valence-electron chi connectivity index (χ4n) is 3.71. The second-order valence-electron chi connectivity index (χ2n) is 6.86. The normalized spacial score (nSPS) is 13.8. The van der Waals surface area contributed by atoms with Crippen LogP contribution in [0, 0.1) is 0 Å². The first-order valence-electron chi connectivity index (χ1n) is 8.94. The summed E-state index contributed by atoms with van der Waals surface area (Å²) in [6.45, 7) is 1.96. The van der Waals surface area contributed by atoms with Gasteiger partial charge in [-0.25, -0.2) is 4.98 Å². The average molecular weight is 394 g/mol. The van der Waals surface area contributed by atoms with Crippen molar-refractivity contribution in [3.8, 4) is 11.4 Å². The molecule has 0 spiro atoms. The predicted molar refractivity (Wildman–Crippen MR) is 113 cm³/mol. The Morgan fingerprint density at radius 3 is 2.59 bits per heavy atom. The number of H-pyrrole nitrogens is 1. The molecular weight excluding hydrogens is 377 g/mol. The molecule has 1 N–H and O–H groups in total. The van der Waals surface area contributed by atoms with Gasteiger partial charge in [0, 0.05) is 24.3 Å². The van der Waals surface area contributed by atoms with Crippen LogP contribution >= 0.6 is 23.2 Å². The van der Waals surface area contributed by atoms with Gasteiger partial charge in [-0.2, -0.15) is 0 Å². The van der Waals surface area contributed by atoms with Crippen molar-refractivity contribution in [1.82, 2.24) is 9.97 Å². The molecule has 0 atom stereocenters. The minimum absolute atomic E-state index is 0.517. The Kier molecular flexibility index (Phi) is 4.07. The molecule has 0 aliphatic carbocycles. The summed E-state index contributed by atoms with van der Waals surface area (Å²) in [5.74, 6) is 0.822. The van der Waals surface area contributed by atoms with E-state index in [9.17, 15) is 0 Å². The molecule has 2 heterocycles. The number of fused-ring (bicyclic) bond motifs is 2. The maximum absolute atomic E-state index is 6.12. The summed E-state index contributed by atoms with van der Waals surface area (Å²) < 4.78 is 0. The zero-order chi connectivity index (χ0) is 18.4. The lowest BCUT2D eigenvalue weighted by Gasteiger charge is -2.31. The first-order valence-corrected chi connectivity index (χ1v) is 9.70. The molecule has 1 aliphatic heterocycles. The van der Waals surface area contributed by atoms with Crippen molar-refractivity contribution in [3.05, 3.63) is 81.8 Å². The van der Waals surface area contributed by atoms with Gasteiger partial charge < -0.3 is 9.88 Å². The van der Waals surface area contributed by atoms with Crippen LogP contribution in [0.3, 0.4) is 0 Å². The number of aromatic amines is 1. The Balaban J connectivity index is 1.49. The molecule has 0 radical (unpaired) electrons. The Bertz CT molecular complexity index is 1110. The smallest absolute Gasteiger partial charge is 0.138 e. The highest BCUT2D eigenvalue weighted by Gasteiger charge is 2.17. The average Bonchev–Trinajstić information content (AvgIpc) is 3.11. The van der Waals surface area contributed by atoms with Gasteiger partial charge in [0.1, 0.15) is 5.82 Å². The number of halogens is 2. The number of hydrogen-bond acceptors (Lipinski definition) is 2. The number of anilines is 1. The van der Waals surface area contributed by atoms with Crippen molar-refractivity contribution in [2.75, 3.05) is 11.4 Å². The number of imidazole rings is 1. The SMILES string of the molecule is Clc1cc2nc(-c3cccc(N4CCc5ccccc5C4)c3)[nH]c2cc1Cl. The lowest BCUT2D eigenvalue weighted by atomic mass is 9.99. The Labute approximate surface area is 167 Å². The Morgan fingerprint density at radius 1 is 0.889 bits per heavy atom. The first kappa shape index (κ1) is 16.7. The van der Waals surface area contributed by atoms with E-state index in [2.05, 4.69) is 63.4 Å². The van der Waals surface area contributed by atoms with Gasteiger partial charge in [-0.05, 0) is 41.8 Å². The summed E-state index contributed by atoms with van der Waals surface area (Å²) in [5.41, 5.74) is 6.82. The summed E-state index contributed by atoms with van der Waals surface area (Å²) in [6.07, 6.45) is 1.07. The van der Waals surface area contributed by atoms with Crippen molar-refractivity contribution in [1.29, 1.82) is 0 Å². The number of aromatic nitrogens is 2. The standard InChI is InChI=1S/C22H17Cl2N3/c23-18-11-20-21(12-19(18)24)26-22(25-20)15-6-3-7-17(10-15)27-9-8-14-4-1-2-5-16(14)13-27/h1-7,10-12H,8-9,13H2,(H,25,26). The van der Waals surface area contributed by atoms with Gasteiger partial charge in [0.05, 0.1) is 21.1 Å². The van der Waals surface area contributed by atoms with Gasteiger partial charge in [-0.15, -0.1) is 0 Å². The number of benzene rings is 3. The molecule has 1 aliphatic rings. The zero-order valence-electron chi connectivity index (χ0n) is 14.5. The molecule has 0 amide bonds. The van der Waals surface area contributed by atoms with E-state index in [0.29, 0.717) is 10.0 Å². The Morgan fingerprint density at radius 2 is 1.70 bits per heavy atom. The van der Waals surface area contributed by atoms with Crippen molar-refractivity contribution in [2.24, 2.45) is 0 Å². The molecule has 0 bridgehead atoms. The second kappa shape index (κ2) is 6.59. The highest BCUT2D eigenvalue weighted by atomic mass is 35.5. The molecule has 0 saturated heterocycles. The predicted octanol–water partition coefficient (Wildman–Crippen LogP) is 6.10. The van der Waals surface area contributed by atoms with E-state index in [0.717, 1.165) is 41.9 Å². The molecule has 0 unspecified atom stereocenters. The maximum atomic E-state index is 6.12. The van der Waals surface area contributed by atoms with E-state index in [1.165, 1.54) is 16.8 Å². The largest absolute Gasteiger partial charge is 0.367 e. The molecule has 0 saturated carbocycles. The summed E-state index contributed by atoms with van der Waals surface area (Å²) in [7, 11) is 0. The molecule has 27 heavy (non-hydrogen) atoms. The van der Waals surface area contributed by atoms with Gasteiger partial charge in [0.25, 0.3) is 0 Å². The molecule has 1 aromatic heterocycles. The highest BCUT2D eigenvalue weighted by molar-refractivity contribution is 6.42. The number of rotatable bonds is 2. The third kappa shape index (κ3) is 3.07. The third-order valence-corrected chi connectivity index (χ3v) is 5.86. The summed E-state index contributed by atoms with van der Waals surface area (Å²) in [6, 6.07) is 20.8. The van der Waals surface area contributed by atoms with Crippen LogP contribution in [0.15, 0.2) is 60.7 Å². The van der Waals surface area contributed by atoms with Crippen LogP contribution in [0.5, 0.6) is 0 Å². The monoisotopic (exact) mass is 393 g/mol. The van der Waals surface area contributed by atoms with Gasteiger partial charge >= 0.3 is 0 Å². The number of nitrogens with zero attached hydrogens (tertiary/aromatic N) is 2. The van der Waals surface area contributed by atoms with Crippen LogP contribution in [-0.2, 0) is 13.0 Å². The van der Waals surface area contributed by atoms with Crippen molar-refractivity contribution >= 4 is 39.9 Å². The molecule has 0 fully saturated rings. The van der Waals surface area contributed by atoms with Crippen LogP contribution in [-0.4, -0.2) is 16.5 Å². The second-order valence-corrected chi connectivity index (χ2v) is 7.67. The summed E-state index contributed by atoms with van der Waals surface area (Å²) in [5, 5.41) is 1.04. The fourth-order valence-corrected chi connectivity index (χ4v) is 4.03. The maximum Gasteiger partial charge on any atom is 0.138 e. The van der Waals surface area contributed by atoms with E-state index in [1.807, 2.05) is 6.07 Å². The van der Waals surface area contributed by atoms with Crippen molar-refractivity contribution in [3.63, 3.8) is 0 Å². The van der Waals surface area contributed by atoms with Crippen LogP contribution in [0.25, 0.3) is 22.4 Å². The van der Waals surface area contributed by atoms with E-state index < -0.39 is 0 Å². The minimum Gasteiger partial charge on any atom is -0.367 e. The number of hydrogen-bond donors (Lipinski definition) is 1.